The van der Waals surface area contributed by atoms with E-state index in [0.717, 1.165) is 18.2 Å². The van der Waals surface area contributed by atoms with Gasteiger partial charge < -0.3 is 26.4 Å². The number of nitrogens with one attached hydrogen (secondary N) is 2. The van der Waals surface area contributed by atoms with Crippen LogP contribution in [-0.4, -0.2) is 47.2 Å². The van der Waals surface area contributed by atoms with Crippen LogP contribution in [0.5, 0.6) is 0 Å². The van der Waals surface area contributed by atoms with Gasteiger partial charge in [-0.25, -0.2) is 18.0 Å². The Bertz CT molecular complexity index is 1390. The molecule has 5 N–H and O–H groups in total. The molecule has 38 heavy (non-hydrogen) atoms. The third-order valence-corrected chi connectivity index (χ3v) is 7.28. The van der Waals surface area contributed by atoms with Crippen molar-refractivity contribution in [1.82, 2.24) is 15.2 Å². The van der Waals surface area contributed by atoms with Crippen molar-refractivity contribution in [2.75, 3.05) is 31.5 Å². The lowest BCUT2D eigenvalue weighted by Gasteiger charge is -2.52. The number of nitrogens with two attached hydrogens (primary N) is 1. The van der Waals surface area contributed by atoms with E-state index in [4.69, 9.17) is 5.73 Å². The number of likely N-dealkylation sites (tertiary alicyclic amines) is 1. The molecule has 2 aliphatic heterocycles. The maximum atomic E-state index is 14.8. The average Bonchev–Trinajstić information content (AvgIpc) is 2.87. The second kappa shape index (κ2) is 10.1. The maximum absolute atomic E-state index is 14.8. The summed E-state index contributed by atoms with van der Waals surface area (Å²) >= 11 is 0. The number of piperidine rings is 2. The van der Waals surface area contributed by atoms with Crippen molar-refractivity contribution in [2.45, 2.75) is 12.1 Å². The molecule has 2 fully saturated rings. The lowest BCUT2D eigenvalue weighted by atomic mass is 9.68. The smallest absolute Gasteiger partial charge is 0.321 e. The third-order valence-electron chi connectivity index (χ3n) is 7.28. The van der Waals surface area contributed by atoms with E-state index in [1.165, 1.54) is 23.2 Å². The Morgan fingerprint density at radius 3 is 2.42 bits per heavy atom. The molecule has 0 spiro atoms. The normalized spacial score (nSPS) is 22.6. The van der Waals surface area contributed by atoms with Crippen LogP contribution >= 0.6 is 0 Å². The molecule has 3 aromatic rings. The van der Waals surface area contributed by atoms with Gasteiger partial charge in [0, 0.05) is 73.6 Å². The monoisotopic (exact) mass is 522 g/mol. The van der Waals surface area contributed by atoms with Gasteiger partial charge in [0.1, 0.15) is 23.1 Å². The molecule has 2 bridgehead atoms. The number of hydrogen-bond donors (Lipinski definition) is 4. The number of carbonyl (C=O) groups is 1. The molecule has 0 saturated carbocycles. The zero-order chi connectivity index (χ0) is 27.0. The molecule has 196 valence electrons. The first-order valence-electron chi connectivity index (χ1n) is 12.1. The van der Waals surface area contributed by atoms with E-state index in [1.807, 2.05) is 6.07 Å². The summed E-state index contributed by atoms with van der Waals surface area (Å²) in [4.78, 5) is 18.9. The predicted octanol–water partition coefficient (Wildman–Crippen LogP) is 3.07. The number of anilines is 1. The van der Waals surface area contributed by atoms with Crippen molar-refractivity contribution in [1.29, 1.82) is 5.26 Å². The molecule has 2 aliphatic rings. The summed E-state index contributed by atoms with van der Waals surface area (Å²) in [5.41, 5.74) is 5.73. The zero-order valence-electron chi connectivity index (χ0n) is 20.2. The number of pyridine rings is 1. The van der Waals surface area contributed by atoms with Gasteiger partial charge >= 0.3 is 6.03 Å². The third kappa shape index (κ3) is 4.58. The van der Waals surface area contributed by atoms with Crippen molar-refractivity contribution in [3.8, 4) is 17.2 Å². The van der Waals surface area contributed by atoms with Crippen LogP contribution in [0.1, 0.15) is 16.8 Å². The van der Waals surface area contributed by atoms with Crippen molar-refractivity contribution in [3.63, 3.8) is 0 Å². The second-order valence-corrected chi connectivity index (χ2v) is 9.62. The Morgan fingerprint density at radius 2 is 1.84 bits per heavy atom. The SMILES string of the molecule is N#Cc1cc(CN)cc(F)c1-c1ccc([C@@]2(O)[C@@H]3CNC[C@H]2CN(C(=O)Nc2cc(F)cc(F)c2)C3)nc1. The van der Waals surface area contributed by atoms with Gasteiger partial charge in [-0.2, -0.15) is 5.26 Å². The summed E-state index contributed by atoms with van der Waals surface area (Å²) in [6.45, 7) is 1.24. The standard InChI is InChI=1S/C27H25F3N6O2/c28-20-5-21(29)7-22(6-20)35-26(37)36-13-18-11-33-12-19(14-36)27(18,38)24-2-1-16(10-34-24)25-17(9-32)3-15(8-31)4-23(25)30/h1-7,10,18-19,33,38H,8,11-14,31H2,(H,35,37)/t18-,19+,27-. The average molecular weight is 523 g/mol. The quantitative estimate of drug-likeness (QED) is 0.417. The van der Waals surface area contributed by atoms with Gasteiger partial charge in [-0.3, -0.25) is 4.98 Å². The van der Waals surface area contributed by atoms with Gasteiger partial charge in [-0.1, -0.05) is 6.07 Å². The van der Waals surface area contributed by atoms with Gasteiger partial charge in [-0.05, 0) is 35.9 Å². The number of halogens is 3. The number of benzene rings is 2. The molecule has 0 aliphatic carbocycles. The first-order chi connectivity index (χ1) is 18.2. The van der Waals surface area contributed by atoms with Crippen molar-refractivity contribution >= 4 is 11.7 Å². The predicted molar refractivity (Wildman–Crippen MR) is 133 cm³/mol. The molecule has 11 heteroatoms. The maximum Gasteiger partial charge on any atom is 0.321 e. The van der Waals surface area contributed by atoms with E-state index in [-0.39, 0.29) is 36.4 Å². The summed E-state index contributed by atoms with van der Waals surface area (Å²) in [6.07, 6.45) is 1.43. The molecular formula is C27H25F3N6O2. The van der Waals surface area contributed by atoms with E-state index >= 15 is 0 Å². The molecule has 5 rings (SSSR count). The number of nitrogens with zero attached hydrogens (tertiary/aromatic N) is 3. The molecule has 3 atom stereocenters. The van der Waals surface area contributed by atoms with E-state index in [0.29, 0.717) is 29.9 Å². The number of urea groups is 1. The molecule has 1 aromatic heterocycles. The zero-order valence-corrected chi connectivity index (χ0v) is 20.2. The van der Waals surface area contributed by atoms with Crippen LogP contribution in [-0.2, 0) is 12.1 Å². The van der Waals surface area contributed by atoms with Gasteiger partial charge in [0.2, 0.25) is 0 Å². The van der Waals surface area contributed by atoms with E-state index in [2.05, 4.69) is 15.6 Å². The minimum Gasteiger partial charge on any atom is -0.383 e. The number of carbonyl (C=O) groups excluding carboxylic acids is 1. The fraction of sp³-hybridized carbons (Fsp3) is 0.296. The number of aromatic nitrogens is 1. The summed E-state index contributed by atoms with van der Waals surface area (Å²) in [7, 11) is 0. The number of fused-ring (bicyclic) bond motifs is 2. The molecule has 0 unspecified atom stereocenters. The van der Waals surface area contributed by atoms with E-state index in [9.17, 15) is 28.3 Å². The highest BCUT2D eigenvalue weighted by Gasteiger charge is 2.53. The second-order valence-electron chi connectivity index (χ2n) is 9.62. The summed E-state index contributed by atoms with van der Waals surface area (Å²) < 4.78 is 41.9. The Hall–Kier alpha value is -3.98. The van der Waals surface area contributed by atoms with Gasteiger partial charge in [-0.15, -0.1) is 0 Å². The lowest BCUT2D eigenvalue weighted by Crippen LogP contribution is -2.66. The minimum absolute atomic E-state index is 0.00246. The van der Waals surface area contributed by atoms with Gasteiger partial charge in [0.25, 0.3) is 0 Å². The van der Waals surface area contributed by atoms with Crippen LogP contribution < -0.4 is 16.4 Å². The first-order valence-corrected chi connectivity index (χ1v) is 12.1. The molecule has 2 aromatic carbocycles. The van der Waals surface area contributed by atoms with Crippen LogP contribution in [0.15, 0.2) is 48.7 Å². The fourth-order valence-corrected chi connectivity index (χ4v) is 5.44. The van der Waals surface area contributed by atoms with E-state index < -0.39 is 40.9 Å². The van der Waals surface area contributed by atoms with Crippen LogP contribution in [0.4, 0.5) is 23.7 Å². The summed E-state index contributed by atoms with van der Waals surface area (Å²) in [5.74, 6) is -3.06. The van der Waals surface area contributed by atoms with Crippen LogP contribution in [0.3, 0.4) is 0 Å². The number of hydrogen-bond acceptors (Lipinski definition) is 6. The number of rotatable bonds is 4. The van der Waals surface area contributed by atoms with Gasteiger partial charge in [0.15, 0.2) is 0 Å². The van der Waals surface area contributed by atoms with Crippen LogP contribution in [0.25, 0.3) is 11.1 Å². The Labute approximate surface area is 216 Å². The largest absolute Gasteiger partial charge is 0.383 e. The van der Waals surface area contributed by atoms with E-state index in [1.54, 1.807) is 12.1 Å². The molecular weight excluding hydrogens is 497 g/mol. The Kier molecular flexibility index (Phi) is 6.79. The molecule has 2 saturated heterocycles. The summed E-state index contributed by atoms with van der Waals surface area (Å²) in [6, 6.07) is 10.3. The minimum atomic E-state index is -1.37. The molecule has 0 radical (unpaired) electrons. The molecule has 8 nitrogen and oxygen atoms in total. The van der Waals surface area contributed by atoms with Crippen molar-refractivity contribution < 1.29 is 23.1 Å². The highest BCUT2D eigenvalue weighted by atomic mass is 19.1. The van der Waals surface area contributed by atoms with Crippen LogP contribution in [0, 0.1) is 40.6 Å². The highest BCUT2D eigenvalue weighted by molar-refractivity contribution is 5.89. The fourth-order valence-electron chi connectivity index (χ4n) is 5.44. The Morgan fingerprint density at radius 1 is 1.16 bits per heavy atom. The number of aliphatic hydroxyl groups is 1. The number of nitriles is 1. The topological polar surface area (TPSA) is 127 Å². The lowest BCUT2D eigenvalue weighted by molar-refractivity contribution is -0.132. The Balaban J connectivity index is 1.38. The van der Waals surface area contributed by atoms with Gasteiger partial charge in [0.05, 0.1) is 17.3 Å². The molecule has 3 heterocycles. The first kappa shape index (κ1) is 25.7. The number of amides is 2. The highest BCUT2D eigenvalue weighted by Crippen LogP contribution is 2.43. The van der Waals surface area contributed by atoms with Crippen molar-refractivity contribution in [3.05, 3.63) is 82.9 Å². The molecule has 2 amide bonds. The summed E-state index contributed by atoms with van der Waals surface area (Å²) in [5, 5.41) is 27.2. The van der Waals surface area contributed by atoms with Crippen molar-refractivity contribution in [2.24, 2.45) is 17.6 Å². The van der Waals surface area contributed by atoms with Crippen LogP contribution in [0.2, 0.25) is 0 Å².